The lowest BCUT2D eigenvalue weighted by Crippen LogP contribution is -2.30. The van der Waals surface area contributed by atoms with E-state index in [9.17, 15) is 8.42 Å². The topological polar surface area (TPSA) is 58.2 Å². The fourth-order valence-electron chi connectivity index (χ4n) is 2.41. The molecule has 4 nitrogen and oxygen atoms in total. The van der Waals surface area contributed by atoms with Gasteiger partial charge in [-0.3, -0.25) is 0 Å². The Labute approximate surface area is 134 Å². The van der Waals surface area contributed by atoms with E-state index in [4.69, 9.17) is 0 Å². The fraction of sp³-hybridized carbons (Fsp3) is 0.600. The molecule has 21 heavy (non-hydrogen) atoms. The Kier molecular flexibility index (Phi) is 7.13. The third kappa shape index (κ3) is 4.95. The van der Waals surface area contributed by atoms with Crippen LogP contribution in [0.1, 0.15) is 38.2 Å². The summed E-state index contributed by atoms with van der Waals surface area (Å²) in [6.07, 6.45) is 2.09. The SMILES string of the molecule is CCC(C)c1ccc(S(=O)(=O)NCC2CCNC2)cc1.Cl. The van der Waals surface area contributed by atoms with Gasteiger partial charge in [0.2, 0.25) is 10.0 Å². The Morgan fingerprint density at radius 2 is 2.00 bits per heavy atom. The molecule has 0 saturated carbocycles. The van der Waals surface area contributed by atoms with Gasteiger partial charge in [0, 0.05) is 6.54 Å². The normalized spacial score (nSPS) is 20.0. The van der Waals surface area contributed by atoms with E-state index in [-0.39, 0.29) is 12.4 Å². The van der Waals surface area contributed by atoms with Crippen molar-refractivity contribution in [3.8, 4) is 0 Å². The van der Waals surface area contributed by atoms with Gasteiger partial charge in [-0.2, -0.15) is 0 Å². The minimum atomic E-state index is -3.37. The van der Waals surface area contributed by atoms with Gasteiger partial charge in [0.1, 0.15) is 0 Å². The van der Waals surface area contributed by atoms with Crippen molar-refractivity contribution in [2.24, 2.45) is 5.92 Å². The van der Waals surface area contributed by atoms with Gasteiger partial charge in [-0.25, -0.2) is 13.1 Å². The number of sulfonamides is 1. The molecular formula is C15H25ClN2O2S. The smallest absolute Gasteiger partial charge is 0.240 e. The first-order valence-corrected chi connectivity index (χ1v) is 8.81. The van der Waals surface area contributed by atoms with Crippen molar-refractivity contribution >= 4 is 22.4 Å². The largest absolute Gasteiger partial charge is 0.316 e. The first-order chi connectivity index (χ1) is 9.53. The Balaban J connectivity index is 0.00000220. The second-order valence-corrected chi connectivity index (χ2v) is 7.36. The lowest BCUT2D eigenvalue weighted by Gasteiger charge is -2.12. The molecule has 0 aromatic heterocycles. The predicted molar refractivity (Wildman–Crippen MR) is 88.6 cm³/mol. The van der Waals surface area contributed by atoms with Crippen LogP contribution in [0, 0.1) is 5.92 Å². The van der Waals surface area contributed by atoms with Gasteiger partial charge in [0.25, 0.3) is 0 Å². The number of nitrogens with one attached hydrogen (secondary N) is 2. The van der Waals surface area contributed by atoms with Crippen LogP contribution in [0.5, 0.6) is 0 Å². The molecule has 1 aliphatic heterocycles. The zero-order valence-electron chi connectivity index (χ0n) is 12.6. The first kappa shape index (κ1) is 18.4. The molecule has 0 aliphatic carbocycles. The van der Waals surface area contributed by atoms with Crippen LogP contribution in [0.25, 0.3) is 0 Å². The summed E-state index contributed by atoms with van der Waals surface area (Å²) in [5.41, 5.74) is 1.19. The van der Waals surface area contributed by atoms with Crippen LogP contribution in [0.4, 0.5) is 0 Å². The molecule has 2 atom stereocenters. The molecule has 1 saturated heterocycles. The maximum absolute atomic E-state index is 12.2. The lowest BCUT2D eigenvalue weighted by molar-refractivity contribution is 0.538. The van der Waals surface area contributed by atoms with Gasteiger partial charge in [-0.05, 0) is 55.5 Å². The molecule has 120 valence electrons. The van der Waals surface area contributed by atoms with Gasteiger partial charge in [0.15, 0.2) is 0 Å². The van der Waals surface area contributed by atoms with E-state index in [1.54, 1.807) is 12.1 Å². The molecule has 1 aromatic carbocycles. The Morgan fingerprint density at radius 1 is 1.33 bits per heavy atom. The fourth-order valence-corrected chi connectivity index (χ4v) is 3.53. The Hall–Kier alpha value is -0.620. The molecule has 1 fully saturated rings. The third-order valence-corrected chi connectivity index (χ3v) is 5.54. The number of halogens is 1. The molecule has 0 spiro atoms. The summed E-state index contributed by atoms with van der Waals surface area (Å²) < 4.78 is 27.1. The van der Waals surface area contributed by atoms with Crippen molar-refractivity contribution in [3.05, 3.63) is 29.8 Å². The van der Waals surface area contributed by atoms with Gasteiger partial charge in [-0.15, -0.1) is 12.4 Å². The summed E-state index contributed by atoms with van der Waals surface area (Å²) in [7, 11) is -3.37. The minimum Gasteiger partial charge on any atom is -0.316 e. The van der Waals surface area contributed by atoms with E-state index in [0.717, 1.165) is 25.9 Å². The number of hydrogen-bond donors (Lipinski definition) is 2. The number of hydrogen-bond acceptors (Lipinski definition) is 3. The summed E-state index contributed by atoms with van der Waals surface area (Å²) in [6, 6.07) is 7.24. The maximum atomic E-state index is 12.2. The average Bonchev–Trinajstić information content (AvgIpc) is 2.98. The molecule has 0 amide bonds. The molecule has 1 heterocycles. The van der Waals surface area contributed by atoms with E-state index in [1.807, 2.05) is 12.1 Å². The summed E-state index contributed by atoms with van der Waals surface area (Å²) >= 11 is 0. The van der Waals surface area contributed by atoms with Crippen LogP contribution >= 0.6 is 12.4 Å². The van der Waals surface area contributed by atoms with Crippen LogP contribution in [0.2, 0.25) is 0 Å². The highest BCUT2D eigenvalue weighted by atomic mass is 35.5. The molecule has 0 bridgehead atoms. The van der Waals surface area contributed by atoms with Crippen molar-refractivity contribution < 1.29 is 8.42 Å². The zero-order valence-corrected chi connectivity index (χ0v) is 14.3. The van der Waals surface area contributed by atoms with E-state index in [2.05, 4.69) is 23.9 Å². The summed E-state index contributed by atoms with van der Waals surface area (Å²) in [4.78, 5) is 0.357. The van der Waals surface area contributed by atoms with Crippen molar-refractivity contribution in [2.45, 2.75) is 37.5 Å². The molecule has 1 aromatic rings. The van der Waals surface area contributed by atoms with E-state index < -0.39 is 10.0 Å². The van der Waals surface area contributed by atoms with Gasteiger partial charge in [-0.1, -0.05) is 26.0 Å². The molecular weight excluding hydrogens is 308 g/mol. The van der Waals surface area contributed by atoms with Crippen LogP contribution in [-0.4, -0.2) is 28.1 Å². The number of rotatable bonds is 6. The minimum absolute atomic E-state index is 0. The van der Waals surface area contributed by atoms with E-state index >= 15 is 0 Å². The predicted octanol–water partition coefficient (Wildman–Crippen LogP) is 2.51. The van der Waals surface area contributed by atoms with Gasteiger partial charge >= 0.3 is 0 Å². The maximum Gasteiger partial charge on any atom is 0.240 e. The van der Waals surface area contributed by atoms with Crippen LogP contribution in [0.15, 0.2) is 29.2 Å². The molecule has 1 aliphatic rings. The quantitative estimate of drug-likeness (QED) is 0.841. The molecule has 6 heteroatoms. The summed E-state index contributed by atoms with van der Waals surface area (Å²) in [6.45, 7) is 6.68. The van der Waals surface area contributed by atoms with Crippen molar-refractivity contribution in [1.29, 1.82) is 0 Å². The van der Waals surface area contributed by atoms with Crippen LogP contribution in [-0.2, 0) is 10.0 Å². The van der Waals surface area contributed by atoms with Crippen molar-refractivity contribution in [1.82, 2.24) is 10.0 Å². The van der Waals surface area contributed by atoms with E-state index in [0.29, 0.717) is 23.3 Å². The van der Waals surface area contributed by atoms with E-state index in [1.165, 1.54) is 5.56 Å². The second-order valence-electron chi connectivity index (χ2n) is 5.59. The number of benzene rings is 1. The highest BCUT2D eigenvalue weighted by Gasteiger charge is 2.19. The standard InChI is InChI=1S/C15H24N2O2S.ClH/c1-3-12(2)14-4-6-15(7-5-14)20(18,19)17-11-13-8-9-16-10-13;/h4-7,12-13,16-17H,3,8-11H2,1-2H3;1H. The monoisotopic (exact) mass is 332 g/mol. The van der Waals surface area contributed by atoms with Gasteiger partial charge < -0.3 is 5.32 Å². The highest BCUT2D eigenvalue weighted by Crippen LogP contribution is 2.20. The second kappa shape index (κ2) is 8.13. The van der Waals surface area contributed by atoms with Crippen molar-refractivity contribution in [3.63, 3.8) is 0 Å². The third-order valence-electron chi connectivity index (χ3n) is 4.10. The Bertz CT molecular complexity index is 525. The highest BCUT2D eigenvalue weighted by molar-refractivity contribution is 7.89. The molecule has 0 radical (unpaired) electrons. The van der Waals surface area contributed by atoms with Gasteiger partial charge in [0.05, 0.1) is 4.90 Å². The average molecular weight is 333 g/mol. The first-order valence-electron chi connectivity index (χ1n) is 7.33. The summed E-state index contributed by atoms with van der Waals surface area (Å²) in [5.74, 6) is 0.869. The molecule has 2 N–H and O–H groups in total. The summed E-state index contributed by atoms with van der Waals surface area (Å²) in [5, 5.41) is 3.24. The van der Waals surface area contributed by atoms with Crippen LogP contribution < -0.4 is 10.0 Å². The van der Waals surface area contributed by atoms with Crippen molar-refractivity contribution in [2.75, 3.05) is 19.6 Å². The molecule has 2 rings (SSSR count). The van der Waals surface area contributed by atoms with Crippen LogP contribution in [0.3, 0.4) is 0 Å². The Morgan fingerprint density at radius 3 is 2.52 bits per heavy atom. The lowest BCUT2D eigenvalue weighted by atomic mass is 9.99. The zero-order chi connectivity index (χ0) is 14.6. The molecule has 2 unspecified atom stereocenters.